The van der Waals surface area contributed by atoms with Gasteiger partial charge in [0.15, 0.2) is 6.29 Å². The lowest BCUT2D eigenvalue weighted by Crippen LogP contribution is -2.65. The molecule has 186 valence electrons. The van der Waals surface area contributed by atoms with Gasteiger partial charge in [0.05, 0.1) is 19.8 Å². The van der Waals surface area contributed by atoms with Gasteiger partial charge in [-0.15, -0.1) is 0 Å². The number of carbonyl (C=O) groups excluding carboxylic acids is 1. The fourth-order valence-electron chi connectivity index (χ4n) is 3.41. The highest BCUT2D eigenvalue weighted by Crippen LogP contribution is 2.28. The zero-order chi connectivity index (χ0) is 24.6. The number of aliphatic hydroxyl groups excluding tert-OH is 2. The van der Waals surface area contributed by atoms with E-state index >= 15 is 0 Å². The lowest BCUT2D eigenvalue weighted by molar-refractivity contribution is -0.281. The molecule has 0 unspecified atom stereocenters. The molecule has 0 aliphatic carbocycles. The standard InChI is InChI=1S/C23H26Cl3NO7/c24-23(25,26)14-33-22(30)27-18-20(31-12-15-7-3-1-4-8-15)19(29)17(11-28)34-21(18)32-13-16-9-5-2-6-10-16/h1-10,17-21,28-29H,11-14H2,(H,27,30)/t17-,18-,19-,20-,21+/m1/s1. The Bertz CT molecular complexity index is 885. The summed E-state index contributed by atoms with van der Waals surface area (Å²) in [6.07, 6.45) is -5.29. The lowest BCUT2D eigenvalue weighted by Gasteiger charge is -2.44. The third kappa shape index (κ3) is 8.25. The van der Waals surface area contributed by atoms with Gasteiger partial charge >= 0.3 is 6.09 Å². The topological polar surface area (TPSA) is 106 Å². The van der Waals surface area contributed by atoms with Crippen molar-refractivity contribution in [2.24, 2.45) is 0 Å². The molecule has 0 radical (unpaired) electrons. The number of alkyl halides is 3. The van der Waals surface area contributed by atoms with E-state index < -0.39 is 53.7 Å². The van der Waals surface area contributed by atoms with E-state index in [1.807, 2.05) is 60.7 Å². The third-order valence-electron chi connectivity index (χ3n) is 5.05. The highest BCUT2D eigenvalue weighted by Gasteiger charge is 2.47. The highest BCUT2D eigenvalue weighted by atomic mass is 35.6. The largest absolute Gasteiger partial charge is 0.445 e. The smallest absolute Gasteiger partial charge is 0.407 e. The molecule has 1 aliphatic heterocycles. The van der Waals surface area contributed by atoms with Crippen molar-refractivity contribution >= 4 is 40.9 Å². The Balaban J connectivity index is 1.78. The molecule has 2 aromatic rings. The molecule has 1 amide bonds. The molecule has 0 aromatic heterocycles. The summed E-state index contributed by atoms with van der Waals surface area (Å²) in [5.41, 5.74) is 1.71. The van der Waals surface area contributed by atoms with E-state index in [1.165, 1.54) is 0 Å². The highest BCUT2D eigenvalue weighted by molar-refractivity contribution is 6.67. The summed E-state index contributed by atoms with van der Waals surface area (Å²) in [6.45, 7) is -0.702. The van der Waals surface area contributed by atoms with Crippen LogP contribution >= 0.6 is 34.8 Å². The zero-order valence-corrected chi connectivity index (χ0v) is 20.3. The van der Waals surface area contributed by atoms with Gasteiger partial charge in [-0.3, -0.25) is 0 Å². The number of nitrogens with one attached hydrogen (secondary N) is 1. The Labute approximate surface area is 212 Å². The number of carbonyl (C=O) groups is 1. The maximum atomic E-state index is 12.4. The van der Waals surface area contributed by atoms with Gasteiger partial charge in [-0.2, -0.15) is 0 Å². The minimum atomic E-state index is -1.80. The molecule has 34 heavy (non-hydrogen) atoms. The van der Waals surface area contributed by atoms with E-state index in [0.717, 1.165) is 11.1 Å². The molecule has 3 rings (SSSR count). The number of benzene rings is 2. The first-order valence-corrected chi connectivity index (χ1v) is 11.7. The van der Waals surface area contributed by atoms with Gasteiger partial charge < -0.3 is 34.5 Å². The molecule has 1 heterocycles. The molecule has 0 spiro atoms. The van der Waals surface area contributed by atoms with Gasteiger partial charge in [0.1, 0.15) is 31.0 Å². The monoisotopic (exact) mass is 533 g/mol. The van der Waals surface area contributed by atoms with Crippen LogP contribution in [0.3, 0.4) is 0 Å². The van der Waals surface area contributed by atoms with Crippen LogP contribution in [-0.2, 0) is 32.2 Å². The van der Waals surface area contributed by atoms with Crippen molar-refractivity contribution in [3.05, 3.63) is 71.8 Å². The average Bonchev–Trinajstić information content (AvgIpc) is 2.83. The van der Waals surface area contributed by atoms with Crippen LogP contribution in [0.25, 0.3) is 0 Å². The van der Waals surface area contributed by atoms with Crippen LogP contribution in [0.15, 0.2) is 60.7 Å². The second-order valence-corrected chi connectivity index (χ2v) is 10.2. The predicted molar refractivity (Wildman–Crippen MR) is 127 cm³/mol. The Morgan fingerprint density at radius 1 is 0.971 bits per heavy atom. The number of hydrogen-bond donors (Lipinski definition) is 3. The third-order valence-corrected chi connectivity index (χ3v) is 5.37. The fourth-order valence-corrected chi connectivity index (χ4v) is 3.57. The van der Waals surface area contributed by atoms with Crippen molar-refractivity contribution in [2.45, 2.75) is 47.7 Å². The SMILES string of the molecule is O=C(N[C@H]1[C@@H](OCc2ccccc2)O[C@H](CO)[C@@H](O)[C@@H]1OCc1ccccc1)OCC(Cl)(Cl)Cl. The number of rotatable bonds is 9. The molecule has 5 atom stereocenters. The number of aliphatic hydroxyl groups is 2. The number of halogens is 3. The quantitative estimate of drug-likeness (QED) is 0.424. The second-order valence-electron chi connectivity index (χ2n) is 7.64. The molecule has 1 fully saturated rings. The van der Waals surface area contributed by atoms with E-state index in [2.05, 4.69) is 5.32 Å². The summed E-state index contributed by atoms with van der Waals surface area (Å²) >= 11 is 17.0. The van der Waals surface area contributed by atoms with Crippen LogP contribution in [0.4, 0.5) is 4.79 Å². The van der Waals surface area contributed by atoms with Crippen molar-refractivity contribution in [1.29, 1.82) is 0 Å². The van der Waals surface area contributed by atoms with E-state index in [-0.39, 0.29) is 13.2 Å². The molecule has 0 bridgehead atoms. The normalized spacial score (nSPS) is 25.0. The van der Waals surface area contributed by atoms with Crippen LogP contribution in [0.1, 0.15) is 11.1 Å². The summed E-state index contributed by atoms with van der Waals surface area (Å²) < 4.78 is 20.8. The summed E-state index contributed by atoms with van der Waals surface area (Å²) in [7, 11) is 0. The van der Waals surface area contributed by atoms with E-state index in [0.29, 0.717) is 0 Å². The maximum Gasteiger partial charge on any atom is 0.407 e. The summed E-state index contributed by atoms with van der Waals surface area (Å²) in [5.74, 6) is 0. The van der Waals surface area contributed by atoms with Gasteiger partial charge in [0.25, 0.3) is 0 Å². The summed E-state index contributed by atoms with van der Waals surface area (Å²) in [6, 6.07) is 17.6. The minimum Gasteiger partial charge on any atom is -0.445 e. The Kier molecular flexibility index (Phi) is 10.2. The number of alkyl carbamates (subject to hydrolysis) is 1. The van der Waals surface area contributed by atoms with Crippen LogP contribution in [0.2, 0.25) is 0 Å². The van der Waals surface area contributed by atoms with Crippen molar-refractivity contribution in [2.75, 3.05) is 13.2 Å². The first-order valence-electron chi connectivity index (χ1n) is 10.5. The minimum absolute atomic E-state index is 0.132. The number of ether oxygens (including phenoxy) is 4. The Morgan fingerprint density at radius 2 is 1.53 bits per heavy atom. The predicted octanol–water partition coefficient (Wildman–Crippen LogP) is 3.33. The number of amides is 1. The lowest BCUT2D eigenvalue weighted by atomic mass is 9.96. The van der Waals surface area contributed by atoms with Gasteiger partial charge in [0.2, 0.25) is 3.79 Å². The average molecular weight is 535 g/mol. The van der Waals surface area contributed by atoms with E-state index in [9.17, 15) is 15.0 Å². The van der Waals surface area contributed by atoms with Crippen LogP contribution in [0, 0.1) is 0 Å². The maximum absolute atomic E-state index is 12.4. The molecule has 0 saturated carbocycles. The molecular weight excluding hydrogens is 509 g/mol. The first-order chi connectivity index (χ1) is 16.3. The van der Waals surface area contributed by atoms with Crippen molar-refractivity contribution < 1.29 is 34.0 Å². The summed E-state index contributed by atoms with van der Waals surface area (Å²) in [4.78, 5) is 12.4. The van der Waals surface area contributed by atoms with Crippen LogP contribution in [-0.4, -0.2) is 64.0 Å². The molecule has 3 N–H and O–H groups in total. The molecule has 8 nitrogen and oxygen atoms in total. The van der Waals surface area contributed by atoms with Gasteiger partial charge in [0, 0.05) is 0 Å². The van der Waals surface area contributed by atoms with Crippen molar-refractivity contribution in [3.63, 3.8) is 0 Å². The first kappa shape index (κ1) is 27.0. The molecular formula is C23H26Cl3NO7. The van der Waals surface area contributed by atoms with Crippen LogP contribution < -0.4 is 5.32 Å². The second kappa shape index (κ2) is 12.9. The molecule has 2 aromatic carbocycles. The zero-order valence-electron chi connectivity index (χ0n) is 18.1. The molecule has 11 heteroatoms. The Morgan fingerprint density at radius 3 is 2.06 bits per heavy atom. The van der Waals surface area contributed by atoms with Gasteiger partial charge in [-0.1, -0.05) is 95.5 Å². The van der Waals surface area contributed by atoms with Crippen molar-refractivity contribution in [3.8, 4) is 0 Å². The van der Waals surface area contributed by atoms with Crippen molar-refractivity contribution in [1.82, 2.24) is 5.32 Å². The molecule has 1 saturated heterocycles. The van der Waals surface area contributed by atoms with Crippen LogP contribution in [0.5, 0.6) is 0 Å². The van der Waals surface area contributed by atoms with Gasteiger partial charge in [-0.05, 0) is 11.1 Å². The van der Waals surface area contributed by atoms with E-state index in [4.69, 9.17) is 53.8 Å². The van der Waals surface area contributed by atoms with Gasteiger partial charge in [-0.25, -0.2) is 4.79 Å². The number of hydrogen-bond acceptors (Lipinski definition) is 7. The summed E-state index contributed by atoms with van der Waals surface area (Å²) in [5, 5.41) is 23.2. The van der Waals surface area contributed by atoms with E-state index in [1.54, 1.807) is 0 Å². The Hall–Kier alpha value is -1.62. The fraction of sp³-hybridized carbons (Fsp3) is 0.435. The molecule has 1 aliphatic rings.